The van der Waals surface area contributed by atoms with Gasteiger partial charge in [0.25, 0.3) is 0 Å². The van der Waals surface area contributed by atoms with Crippen LogP contribution in [0.1, 0.15) is 11.1 Å². The van der Waals surface area contributed by atoms with Gasteiger partial charge in [0.15, 0.2) is 0 Å². The van der Waals surface area contributed by atoms with Gasteiger partial charge in [0.1, 0.15) is 6.07 Å². The zero-order valence-electron chi connectivity index (χ0n) is 12.5. The molecule has 2 aromatic heterocycles. The summed E-state index contributed by atoms with van der Waals surface area (Å²) in [6.07, 6.45) is 3.37. The Bertz CT molecular complexity index is 991. The van der Waals surface area contributed by atoms with Gasteiger partial charge >= 0.3 is 0 Å². The highest BCUT2D eigenvalue weighted by Gasteiger charge is 2.17. The van der Waals surface area contributed by atoms with Crippen LogP contribution in [0.5, 0.6) is 0 Å². The predicted octanol–water partition coefficient (Wildman–Crippen LogP) is 3.16. The molecule has 7 heteroatoms. The Balaban J connectivity index is 1.81. The summed E-state index contributed by atoms with van der Waals surface area (Å²) in [5.41, 5.74) is 1.81. The Hall–Kier alpha value is -2.53. The third kappa shape index (κ3) is 3.51. The van der Waals surface area contributed by atoms with E-state index in [9.17, 15) is 8.42 Å². The molecule has 0 radical (unpaired) electrons. The lowest BCUT2D eigenvalue weighted by Gasteiger charge is -2.08. The second kappa shape index (κ2) is 6.93. The van der Waals surface area contributed by atoms with E-state index in [1.54, 1.807) is 35.9 Å². The second-order valence-corrected chi connectivity index (χ2v) is 7.67. The molecule has 0 fully saturated rings. The molecule has 1 N–H and O–H groups in total. The molecule has 0 saturated heterocycles. The molecule has 0 aliphatic heterocycles. The Morgan fingerprint density at radius 3 is 2.75 bits per heavy atom. The normalized spacial score (nSPS) is 11.1. The van der Waals surface area contributed by atoms with Crippen molar-refractivity contribution in [2.24, 2.45) is 0 Å². The van der Waals surface area contributed by atoms with Gasteiger partial charge in [-0.2, -0.15) is 5.26 Å². The number of nitrogens with one attached hydrogen (secondary N) is 1. The SMILES string of the molecule is N#Cc1ccccc1S(=O)(=O)NCc1cncc(-c2cccs2)c1. The van der Waals surface area contributed by atoms with E-state index in [-0.39, 0.29) is 17.0 Å². The third-order valence-electron chi connectivity index (χ3n) is 3.36. The number of aromatic nitrogens is 1. The number of sulfonamides is 1. The number of pyridine rings is 1. The summed E-state index contributed by atoms with van der Waals surface area (Å²) in [4.78, 5) is 5.22. The first-order valence-corrected chi connectivity index (χ1v) is 9.43. The topological polar surface area (TPSA) is 82.8 Å². The maximum Gasteiger partial charge on any atom is 0.242 e. The minimum Gasteiger partial charge on any atom is -0.264 e. The molecule has 0 saturated carbocycles. The fourth-order valence-electron chi connectivity index (χ4n) is 2.21. The van der Waals surface area contributed by atoms with Crippen molar-refractivity contribution in [2.75, 3.05) is 0 Å². The van der Waals surface area contributed by atoms with E-state index in [1.165, 1.54) is 12.1 Å². The van der Waals surface area contributed by atoms with Crippen molar-refractivity contribution < 1.29 is 8.42 Å². The van der Waals surface area contributed by atoms with Crippen LogP contribution in [-0.2, 0) is 16.6 Å². The first-order valence-electron chi connectivity index (χ1n) is 7.07. The average molecular weight is 355 g/mol. The minimum atomic E-state index is -3.77. The fraction of sp³-hybridized carbons (Fsp3) is 0.0588. The molecule has 5 nitrogen and oxygen atoms in total. The molecule has 1 aromatic carbocycles. The lowest BCUT2D eigenvalue weighted by atomic mass is 10.2. The van der Waals surface area contributed by atoms with E-state index in [0.717, 1.165) is 16.0 Å². The predicted molar refractivity (Wildman–Crippen MR) is 92.7 cm³/mol. The molecule has 0 spiro atoms. The van der Waals surface area contributed by atoms with Crippen LogP contribution in [0.25, 0.3) is 10.4 Å². The smallest absolute Gasteiger partial charge is 0.242 e. The van der Waals surface area contributed by atoms with Gasteiger partial charge in [0.2, 0.25) is 10.0 Å². The minimum absolute atomic E-state index is 0.0186. The fourth-order valence-corrected chi connectivity index (χ4v) is 4.09. The number of hydrogen-bond acceptors (Lipinski definition) is 5. The number of nitrogens with zero attached hydrogens (tertiary/aromatic N) is 2. The van der Waals surface area contributed by atoms with Crippen molar-refractivity contribution in [3.05, 3.63) is 71.4 Å². The van der Waals surface area contributed by atoms with Crippen molar-refractivity contribution in [3.8, 4) is 16.5 Å². The molecule has 0 unspecified atom stereocenters. The molecule has 120 valence electrons. The molecule has 2 heterocycles. The van der Waals surface area contributed by atoms with Crippen molar-refractivity contribution in [2.45, 2.75) is 11.4 Å². The summed E-state index contributed by atoms with van der Waals surface area (Å²) < 4.78 is 27.4. The van der Waals surface area contributed by atoms with E-state index in [2.05, 4.69) is 9.71 Å². The number of hydrogen-bond donors (Lipinski definition) is 1. The zero-order valence-corrected chi connectivity index (χ0v) is 14.1. The van der Waals surface area contributed by atoms with Crippen molar-refractivity contribution in [3.63, 3.8) is 0 Å². The Morgan fingerprint density at radius 2 is 2.00 bits per heavy atom. The summed E-state index contributed by atoms with van der Waals surface area (Å²) in [6, 6.07) is 13.9. The molecule has 0 aliphatic carbocycles. The first kappa shape index (κ1) is 16.3. The zero-order chi connectivity index (χ0) is 17.0. The van der Waals surface area contributed by atoms with Crippen LogP contribution in [0.3, 0.4) is 0 Å². The van der Waals surface area contributed by atoms with Crippen molar-refractivity contribution in [1.82, 2.24) is 9.71 Å². The molecular formula is C17H13N3O2S2. The highest BCUT2D eigenvalue weighted by Crippen LogP contribution is 2.24. The molecular weight excluding hydrogens is 342 g/mol. The molecule has 3 rings (SSSR count). The van der Waals surface area contributed by atoms with E-state index >= 15 is 0 Å². The lowest BCUT2D eigenvalue weighted by Crippen LogP contribution is -2.24. The average Bonchev–Trinajstić information content (AvgIpc) is 3.15. The molecule has 0 atom stereocenters. The van der Waals surface area contributed by atoms with Crippen LogP contribution < -0.4 is 4.72 Å². The molecule has 0 amide bonds. The molecule has 3 aromatic rings. The van der Waals surface area contributed by atoms with Crippen LogP contribution >= 0.6 is 11.3 Å². The van der Waals surface area contributed by atoms with Crippen LogP contribution in [0.2, 0.25) is 0 Å². The van der Waals surface area contributed by atoms with E-state index < -0.39 is 10.0 Å². The Labute approximate surface area is 144 Å². The van der Waals surface area contributed by atoms with Gasteiger partial charge in [-0.3, -0.25) is 4.98 Å². The lowest BCUT2D eigenvalue weighted by molar-refractivity contribution is 0.581. The van der Waals surface area contributed by atoms with Crippen LogP contribution in [-0.4, -0.2) is 13.4 Å². The van der Waals surface area contributed by atoms with Gasteiger partial charge in [-0.05, 0) is 35.2 Å². The van der Waals surface area contributed by atoms with Gasteiger partial charge in [-0.15, -0.1) is 11.3 Å². The number of thiophene rings is 1. The molecule has 24 heavy (non-hydrogen) atoms. The van der Waals surface area contributed by atoms with Gasteiger partial charge in [-0.25, -0.2) is 13.1 Å². The van der Waals surface area contributed by atoms with Crippen LogP contribution in [0.15, 0.2) is 65.1 Å². The summed E-state index contributed by atoms with van der Waals surface area (Å²) in [6.45, 7) is 0.105. The molecule has 0 bridgehead atoms. The highest BCUT2D eigenvalue weighted by atomic mass is 32.2. The van der Waals surface area contributed by atoms with Gasteiger partial charge in [0, 0.05) is 29.4 Å². The van der Waals surface area contributed by atoms with Gasteiger partial charge < -0.3 is 0 Å². The molecule has 0 aliphatic rings. The summed E-state index contributed by atoms with van der Waals surface area (Å²) in [7, 11) is -3.77. The van der Waals surface area contributed by atoms with E-state index in [1.807, 2.05) is 29.6 Å². The second-order valence-electron chi connectivity index (χ2n) is 4.99. The van der Waals surface area contributed by atoms with Crippen molar-refractivity contribution in [1.29, 1.82) is 5.26 Å². The van der Waals surface area contributed by atoms with Crippen molar-refractivity contribution >= 4 is 21.4 Å². The summed E-state index contributed by atoms with van der Waals surface area (Å²) >= 11 is 1.60. The first-order chi connectivity index (χ1) is 11.6. The Kier molecular flexibility index (Phi) is 4.71. The largest absolute Gasteiger partial charge is 0.264 e. The monoisotopic (exact) mass is 355 g/mol. The van der Waals surface area contributed by atoms with E-state index in [4.69, 9.17) is 5.26 Å². The standard InChI is InChI=1S/C17H13N3O2S2/c18-9-14-4-1-2-6-17(14)24(21,22)20-11-13-8-15(12-19-10-13)16-5-3-7-23-16/h1-8,10,12,20H,11H2. The number of rotatable bonds is 5. The maximum atomic E-state index is 12.4. The maximum absolute atomic E-state index is 12.4. The quantitative estimate of drug-likeness (QED) is 0.762. The van der Waals surface area contributed by atoms with Crippen LogP contribution in [0, 0.1) is 11.3 Å². The van der Waals surface area contributed by atoms with Gasteiger partial charge in [-0.1, -0.05) is 18.2 Å². The number of nitriles is 1. The van der Waals surface area contributed by atoms with Gasteiger partial charge in [0.05, 0.1) is 10.5 Å². The summed E-state index contributed by atoms with van der Waals surface area (Å²) in [5, 5.41) is 11.0. The highest BCUT2D eigenvalue weighted by molar-refractivity contribution is 7.89. The third-order valence-corrected chi connectivity index (χ3v) is 5.74. The number of benzene rings is 1. The van der Waals surface area contributed by atoms with Crippen LogP contribution in [0.4, 0.5) is 0 Å². The summed E-state index contributed by atoms with van der Waals surface area (Å²) in [5.74, 6) is 0. The van der Waals surface area contributed by atoms with E-state index in [0.29, 0.717) is 0 Å². The Morgan fingerprint density at radius 1 is 1.17 bits per heavy atom.